The van der Waals surface area contributed by atoms with Crippen LogP contribution < -0.4 is 16.1 Å². The highest BCUT2D eigenvalue weighted by Gasteiger charge is 2.54. The maximum Gasteiger partial charge on any atom is 0.352 e. The molecule has 0 aromatic heterocycles. The third-order valence-corrected chi connectivity index (χ3v) is 9.99. The first-order valence-corrected chi connectivity index (χ1v) is 15.8. The van der Waals surface area contributed by atoms with Crippen LogP contribution in [0.1, 0.15) is 24.1 Å². The van der Waals surface area contributed by atoms with Crippen LogP contribution in [0.4, 0.5) is 15.3 Å². The standard InChI is InChI=1S/C29H26Cl2N6O8S/c1-13(38)45-11-16-12-46-26-23(25(40)36(26)24(16)27(41)42)33-21(39)8-14-3-2-4-17(7-14)32-28(43)35-10-20-22(34-37(20)29(35)44)15-5-6-18(30)19(31)9-15/h2-7,9,20,22-23,26,34H,8,10-12H2,1H3,(H,32,43)(H,33,39)(H,41,42)/t20?,22?,23?,26-/m0/s1. The molecule has 4 N–H and O–H groups in total. The zero-order valence-corrected chi connectivity index (χ0v) is 26.3. The predicted octanol–water partition coefficient (Wildman–Crippen LogP) is 2.74. The second-order valence-electron chi connectivity index (χ2n) is 10.9. The number of imide groups is 1. The van der Waals surface area contributed by atoms with Gasteiger partial charge in [0.05, 0.1) is 35.1 Å². The Labute approximate surface area is 275 Å². The smallest absolute Gasteiger partial charge is 0.352 e. The van der Waals surface area contributed by atoms with E-state index in [4.69, 9.17) is 27.9 Å². The number of ether oxygens (including phenoxy) is 1. The summed E-state index contributed by atoms with van der Waals surface area (Å²) in [7, 11) is 0. The van der Waals surface area contributed by atoms with Gasteiger partial charge in [-0.1, -0.05) is 41.4 Å². The number of aliphatic carboxylic acids is 1. The number of thioether (sulfide) groups is 1. The summed E-state index contributed by atoms with van der Waals surface area (Å²) >= 11 is 13.4. The highest BCUT2D eigenvalue weighted by molar-refractivity contribution is 8.00. The molecule has 4 atom stereocenters. The van der Waals surface area contributed by atoms with Gasteiger partial charge in [0, 0.05) is 23.9 Å². The van der Waals surface area contributed by atoms with Gasteiger partial charge in [0.25, 0.3) is 5.91 Å². The third kappa shape index (κ3) is 5.86. The lowest BCUT2D eigenvalue weighted by molar-refractivity contribution is -0.151. The summed E-state index contributed by atoms with van der Waals surface area (Å²) in [5.74, 6) is -2.75. The summed E-state index contributed by atoms with van der Waals surface area (Å²) in [6.45, 7) is 1.10. The molecule has 3 fully saturated rings. The molecule has 240 valence electrons. The molecule has 14 nitrogen and oxygen atoms in total. The van der Waals surface area contributed by atoms with Crippen LogP contribution in [0.15, 0.2) is 53.7 Å². The quantitative estimate of drug-likeness (QED) is 0.238. The van der Waals surface area contributed by atoms with Gasteiger partial charge < -0.3 is 20.5 Å². The van der Waals surface area contributed by atoms with Crippen LogP contribution in [0.25, 0.3) is 0 Å². The Bertz CT molecular complexity index is 1720. The van der Waals surface area contributed by atoms with Gasteiger partial charge in [-0.25, -0.2) is 24.7 Å². The molecular formula is C29H26Cl2N6O8S. The van der Waals surface area contributed by atoms with Crippen LogP contribution in [0.2, 0.25) is 10.0 Å². The fourth-order valence-electron chi connectivity index (χ4n) is 5.69. The van der Waals surface area contributed by atoms with Crippen molar-refractivity contribution in [3.05, 3.63) is 74.9 Å². The van der Waals surface area contributed by atoms with Crippen molar-refractivity contribution in [3.63, 3.8) is 0 Å². The predicted molar refractivity (Wildman–Crippen MR) is 166 cm³/mol. The number of hydrazine groups is 1. The number of urea groups is 2. The molecule has 6 amide bonds. The van der Waals surface area contributed by atoms with Crippen molar-refractivity contribution >= 4 is 76.5 Å². The van der Waals surface area contributed by atoms with Gasteiger partial charge in [-0.15, -0.1) is 11.8 Å². The van der Waals surface area contributed by atoms with Crippen molar-refractivity contribution in [2.75, 3.05) is 24.2 Å². The molecule has 0 radical (unpaired) electrons. The van der Waals surface area contributed by atoms with E-state index in [1.165, 1.54) is 23.7 Å². The number of carboxylic acids is 1. The van der Waals surface area contributed by atoms with E-state index in [2.05, 4.69) is 16.1 Å². The van der Waals surface area contributed by atoms with E-state index in [1.807, 2.05) is 0 Å². The van der Waals surface area contributed by atoms with Gasteiger partial charge in [0.2, 0.25) is 5.91 Å². The number of benzene rings is 2. The third-order valence-electron chi connectivity index (χ3n) is 7.91. The molecule has 4 aliphatic heterocycles. The van der Waals surface area contributed by atoms with Crippen molar-refractivity contribution in [2.45, 2.75) is 36.8 Å². The Morgan fingerprint density at radius 2 is 1.89 bits per heavy atom. The molecule has 2 aromatic rings. The molecule has 3 unspecified atom stereocenters. The van der Waals surface area contributed by atoms with Crippen molar-refractivity contribution in [2.24, 2.45) is 0 Å². The lowest BCUT2D eigenvalue weighted by Crippen LogP contribution is -2.70. The van der Waals surface area contributed by atoms with Crippen LogP contribution in [-0.4, -0.2) is 92.1 Å². The molecule has 0 bridgehead atoms. The number of anilines is 1. The number of carboxylic acid groups (broad SMARTS) is 1. The van der Waals surface area contributed by atoms with Crippen LogP contribution in [-0.2, 0) is 30.3 Å². The molecule has 46 heavy (non-hydrogen) atoms. The summed E-state index contributed by atoms with van der Waals surface area (Å²) in [6, 6.07) is 9.10. The Kier molecular flexibility index (Phi) is 8.58. The maximum atomic E-state index is 13.1. The van der Waals surface area contributed by atoms with E-state index in [9.17, 15) is 33.9 Å². The van der Waals surface area contributed by atoms with Crippen molar-refractivity contribution in [1.29, 1.82) is 0 Å². The molecular weight excluding hydrogens is 663 g/mol. The normalized spacial score (nSPS) is 23.2. The average molecular weight is 690 g/mol. The summed E-state index contributed by atoms with van der Waals surface area (Å²) in [5, 5.41) is 16.6. The number of nitrogens with one attached hydrogen (secondary N) is 3. The molecule has 4 aliphatic rings. The van der Waals surface area contributed by atoms with Gasteiger partial charge in [0.15, 0.2) is 0 Å². The highest BCUT2D eigenvalue weighted by Crippen LogP contribution is 2.41. The fourth-order valence-corrected chi connectivity index (χ4v) is 7.33. The Hall–Kier alpha value is -4.31. The van der Waals surface area contributed by atoms with Gasteiger partial charge in [-0.05, 0) is 35.4 Å². The minimum atomic E-state index is -1.33. The monoisotopic (exact) mass is 688 g/mol. The molecule has 6 rings (SSSR count). The number of halogens is 2. The van der Waals surface area contributed by atoms with Gasteiger partial charge >= 0.3 is 24.0 Å². The number of rotatable bonds is 8. The fraction of sp³-hybridized carbons (Fsp3) is 0.310. The second-order valence-corrected chi connectivity index (χ2v) is 12.8. The summed E-state index contributed by atoms with van der Waals surface area (Å²) in [4.78, 5) is 77.0. The Morgan fingerprint density at radius 3 is 2.61 bits per heavy atom. The number of carbonyl (C=O) groups is 6. The number of carbonyl (C=O) groups excluding carboxylic acids is 5. The molecule has 2 aromatic carbocycles. The number of β-lactam (4-membered cyclic amide) rings is 1. The molecule has 0 saturated carbocycles. The van der Waals surface area contributed by atoms with Crippen molar-refractivity contribution in [1.82, 2.24) is 25.6 Å². The Balaban J connectivity index is 1.04. The zero-order valence-electron chi connectivity index (χ0n) is 24.0. The Morgan fingerprint density at radius 1 is 1.11 bits per heavy atom. The number of fused-ring (bicyclic) bond motifs is 2. The lowest BCUT2D eigenvalue weighted by Gasteiger charge is -2.49. The number of hydrogen-bond donors (Lipinski definition) is 4. The van der Waals surface area contributed by atoms with E-state index < -0.39 is 47.2 Å². The van der Waals surface area contributed by atoms with E-state index >= 15 is 0 Å². The molecule has 17 heteroatoms. The first-order valence-electron chi connectivity index (χ1n) is 14.0. The van der Waals surface area contributed by atoms with Crippen LogP contribution in [0, 0.1) is 0 Å². The van der Waals surface area contributed by atoms with E-state index in [0.717, 1.165) is 15.4 Å². The number of esters is 1. The first kappa shape index (κ1) is 31.7. The largest absolute Gasteiger partial charge is 0.477 e. The van der Waals surface area contributed by atoms with E-state index in [0.29, 0.717) is 26.9 Å². The topological polar surface area (TPSA) is 178 Å². The highest BCUT2D eigenvalue weighted by atomic mass is 35.5. The number of nitrogens with zero attached hydrogens (tertiary/aromatic N) is 3. The second kappa shape index (κ2) is 12.5. The zero-order chi connectivity index (χ0) is 32.9. The van der Waals surface area contributed by atoms with E-state index in [-0.39, 0.29) is 43.1 Å². The molecule has 3 saturated heterocycles. The maximum absolute atomic E-state index is 13.1. The summed E-state index contributed by atoms with van der Waals surface area (Å²) in [6.07, 6.45) is -0.127. The molecule has 4 heterocycles. The van der Waals surface area contributed by atoms with Crippen molar-refractivity contribution < 1.29 is 38.6 Å². The minimum absolute atomic E-state index is 0.127. The molecule has 0 spiro atoms. The summed E-state index contributed by atoms with van der Waals surface area (Å²) in [5.41, 5.74) is 4.81. The SMILES string of the molecule is CC(=O)OCC1=C(C(=O)O)N2C(=O)C(NC(=O)Cc3cccc(NC(=O)N4CC5C(c6ccc(Cl)c(Cl)c6)NN5C4=O)c3)[C@@H]2SC1. The van der Waals surface area contributed by atoms with Crippen LogP contribution in [0.3, 0.4) is 0 Å². The summed E-state index contributed by atoms with van der Waals surface area (Å²) < 4.78 is 4.93. The van der Waals surface area contributed by atoms with Crippen LogP contribution >= 0.6 is 35.0 Å². The lowest BCUT2D eigenvalue weighted by atomic mass is 9.96. The molecule has 0 aliphatic carbocycles. The average Bonchev–Trinajstić information content (AvgIpc) is 3.24. The minimum Gasteiger partial charge on any atom is -0.477 e. The van der Waals surface area contributed by atoms with E-state index in [1.54, 1.807) is 42.5 Å². The first-order chi connectivity index (χ1) is 21.9. The van der Waals surface area contributed by atoms with Gasteiger partial charge in [0.1, 0.15) is 23.7 Å². The van der Waals surface area contributed by atoms with Crippen LogP contribution in [0.5, 0.6) is 0 Å². The van der Waals surface area contributed by atoms with Crippen molar-refractivity contribution in [3.8, 4) is 0 Å². The number of amides is 6. The van der Waals surface area contributed by atoms with Gasteiger partial charge in [-0.2, -0.15) is 0 Å². The van der Waals surface area contributed by atoms with Gasteiger partial charge in [-0.3, -0.25) is 24.3 Å². The number of hydrogen-bond acceptors (Lipinski definition) is 9.